The van der Waals surface area contributed by atoms with Gasteiger partial charge in [0.15, 0.2) is 0 Å². The smallest absolute Gasteiger partial charge is 0.292 e. The predicted molar refractivity (Wildman–Crippen MR) is 117 cm³/mol. The molecule has 0 N–H and O–H groups in total. The lowest BCUT2D eigenvalue weighted by Gasteiger charge is -2.24. The fourth-order valence-electron chi connectivity index (χ4n) is 3.88. The molecule has 6 nitrogen and oxygen atoms in total. The maximum Gasteiger partial charge on any atom is 0.292 e. The minimum absolute atomic E-state index is 0.199. The highest BCUT2D eigenvalue weighted by atomic mass is 32.1. The van der Waals surface area contributed by atoms with Gasteiger partial charge in [-0.25, -0.2) is 4.98 Å². The zero-order valence-corrected chi connectivity index (χ0v) is 17.3. The van der Waals surface area contributed by atoms with Crippen LogP contribution in [0.2, 0.25) is 0 Å². The predicted octanol–water partition coefficient (Wildman–Crippen LogP) is 4.74. The van der Waals surface area contributed by atoms with Gasteiger partial charge in [0.05, 0.1) is 10.6 Å². The van der Waals surface area contributed by atoms with E-state index in [9.17, 15) is 10.1 Å². The number of benzene rings is 2. The minimum Gasteiger partial charge on any atom is -0.364 e. The molecule has 1 saturated heterocycles. The summed E-state index contributed by atoms with van der Waals surface area (Å²) in [6.45, 7) is 6.20. The molecule has 1 aromatic heterocycles. The molecule has 0 amide bonds. The van der Waals surface area contributed by atoms with E-state index in [1.165, 1.54) is 0 Å². The van der Waals surface area contributed by atoms with Crippen LogP contribution in [0.4, 0.5) is 11.4 Å². The molecule has 1 fully saturated rings. The molecule has 0 unspecified atom stereocenters. The average Bonchev–Trinajstić information content (AvgIpc) is 3.07. The fourth-order valence-corrected chi connectivity index (χ4v) is 4.69. The van der Waals surface area contributed by atoms with Crippen LogP contribution in [0.3, 0.4) is 0 Å². The number of aromatic nitrogens is 1. The van der Waals surface area contributed by atoms with Crippen molar-refractivity contribution in [3.63, 3.8) is 0 Å². The first-order chi connectivity index (χ1) is 14.1. The van der Waals surface area contributed by atoms with Crippen LogP contribution in [0.1, 0.15) is 17.7 Å². The van der Waals surface area contributed by atoms with Crippen LogP contribution in [0, 0.1) is 17.0 Å². The number of para-hydroxylation sites is 1. The van der Waals surface area contributed by atoms with E-state index < -0.39 is 0 Å². The minimum atomic E-state index is -0.272. The van der Waals surface area contributed by atoms with E-state index >= 15 is 0 Å². The zero-order chi connectivity index (χ0) is 20.2. The van der Waals surface area contributed by atoms with Gasteiger partial charge in [-0.15, -0.1) is 11.3 Å². The number of hydrogen-bond acceptors (Lipinski definition) is 6. The van der Waals surface area contributed by atoms with Gasteiger partial charge >= 0.3 is 0 Å². The van der Waals surface area contributed by atoms with E-state index in [0.717, 1.165) is 66.7 Å². The Kier molecular flexibility index (Phi) is 5.87. The van der Waals surface area contributed by atoms with Gasteiger partial charge in [0.25, 0.3) is 5.69 Å². The number of nitrogens with zero attached hydrogens (tertiary/aromatic N) is 4. The van der Waals surface area contributed by atoms with Crippen LogP contribution in [0.25, 0.3) is 10.6 Å². The summed E-state index contributed by atoms with van der Waals surface area (Å²) >= 11 is 1.68. The summed E-state index contributed by atoms with van der Waals surface area (Å²) in [5, 5.41) is 14.7. The van der Waals surface area contributed by atoms with Crippen molar-refractivity contribution in [1.82, 2.24) is 9.88 Å². The number of nitro benzene ring substituents is 1. The molecular weight excluding hydrogens is 384 g/mol. The molecule has 3 aromatic rings. The quantitative estimate of drug-likeness (QED) is 0.451. The van der Waals surface area contributed by atoms with Crippen LogP contribution >= 0.6 is 11.3 Å². The standard InChI is InChI=1S/C22H24N4O2S/c1-17-7-5-10-20(26(27)28)21(17)25-12-6-11-24(13-14-25)15-19-16-29-22(23-19)18-8-3-2-4-9-18/h2-5,7-10,16H,6,11-15H2,1H3. The summed E-state index contributed by atoms with van der Waals surface area (Å²) in [5.74, 6) is 0. The Labute approximate surface area is 174 Å². The lowest BCUT2D eigenvalue weighted by atomic mass is 10.1. The van der Waals surface area contributed by atoms with E-state index in [1.807, 2.05) is 31.2 Å². The second-order valence-corrected chi connectivity index (χ2v) is 8.18. The third-order valence-corrected chi connectivity index (χ3v) is 6.22. The van der Waals surface area contributed by atoms with Crippen LogP contribution in [0.15, 0.2) is 53.9 Å². The van der Waals surface area contributed by atoms with E-state index in [0.29, 0.717) is 0 Å². The van der Waals surface area contributed by atoms with Crippen molar-refractivity contribution in [3.8, 4) is 10.6 Å². The van der Waals surface area contributed by atoms with Crippen molar-refractivity contribution >= 4 is 22.7 Å². The lowest BCUT2D eigenvalue weighted by Crippen LogP contribution is -2.31. The number of anilines is 1. The number of hydrogen-bond donors (Lipinski definition) is 0. The Morgan fingerprint density at radius 2 is 1.90 bits per heavy atom. The van der Waals surface area contributed by atoms with Gasteiger partial charge in [0, 0.05) is 49.7 Å². The second kappa shape index (κ2) is 8.71. The number of thiazole rings is 1. The van der Waals surface area contributed by atoms with Gasteiger partial charge in [0.2, 0.25) is 0 Å². The van der Waals surface area contributed by atoms with Gasteiger partial charge in [0.1, 0.15) is 10.7 Å². The van der Waals surface area contributed by atoms with Crippen molar-refractivity contribution < 1.29 is 4.92 Å². The summed E-state index contributed by atoms with van der Waals surface area (Å²) < 4.78 is 0. The summed E-state index contributed by atoms with van der Waals surface area (Å²) in [7, 11) is 0. The Hall–Kier alpha value is -2.77. The molecule has 150 valence electrons. The Bertz CT molecular complexity index is 989. The highest BCUT2D eigenvalue weighted by Gasteiger charge is 2.24. The van der Waals surface area contributed by atoms with Gasteiger partial charge in [-0.3, -0.25) is 15.0 Å². The van der Waals surface area contributed by atoms with Crippen LogP contribution in [-0.4, -0.2) is 41.0 Å². The molecule has 0 bridgehead atoms. The highest BCUT2D eigenvalue weighted by Crippen LogP contribution is 2.32. The largest absolute Gasteiger partial charge is 0.364 e. The Morgan fingerprint density at radius 1 is 1.07 bits per heavy atom. The Morgan fingerprint density at radius 3 is 2.69 bits per heavy atom. The van der Waals surface area contributed by atoms with Crippen molar-refractivity contribution in [2.45, 2.75) is 19.9 Å². The van der Waals surface area contributed by atoms with E-state index in [2.05, 4.69) is 27.3 Å². The van der Waals surface area contributed by atoms with Crippen molar-refractivity contribution in [2.75, 3.05) is 31.1 Å². The first-order valence-corrected chi connectivity index (χ1v) is 10.7. The molecule has 2 aromatic carbocycles. The summed E-state index contributed by atoms with van der Waals surface area (Å²) in [4.78, 5) is 20.6. The molecule has 0 saturated carbocycles. The molecule has 29 heavy (non-hydrogen) atoms. The van der Waals surface area contributed by atoms with Crippen LogP contribution in [-0.2, 0) is 6.54 Å². The van der Waals surface area contributed by atoms with Crippen molar-refractivity contribution in [1.29, 1.82) is 0 Å². The highest BCUT2D eigenvalue weighted by molar-refractivity contribution is 7.13. The monoisotopic (exact) mass is 408 g/mol. The first-order valence-electron chi connectivity index (χ1n) is 9.83. The van der Waals surface area contributed by atoms with Gasteiger partial charge in [-0.2, -0.15) is 0 Å². The average molecular weight is 409 g/mol. The first kappa shape index (κ1) is 19.5. The molecule has 0 spiro atoms. The summed E-state index contributed by atoms with van der Waals surface area (Å²) in [6.07, 6.45) is 0.973. The van der Waals surface area contributed by atoms with Crippen molar-refractivity contribution in [2.24, 2.45) is 0 Å². The van der Waals surface area contributed by atoms with Crippen LogP contribution in [0.5, 0.6) is 0 Å². The summed E-state index contributed by atoms with van der Waals surface area (Å²) in [6, 6.07) is 15.6. The third-order valence-electron chi connectivity index (χ3n) is 5.28. The molecule has 1 aliphatic heterocycles. The van der Waals surface area contributed by atoms with E-state index in [4.69, 9.17) is 4.98 Å². The Balaban J connectivity index is 1.44. The topological polar surface area (TPSA) is 62.5 Å². The number of nitro groups is 1. The zero-order valence-electron chi connectivity index (χ0n) is 16.5. The molecule has 4 rings (SSSR count). The van der Waals surface area contributed by atoms with Crippen molar-refractivity contribution in [3.05, 3.63) is 75.3 Å². The fraction of sp³-hybridized carbons (Fsp3) is 0.318. The summed E-state index contributed by atoms with van der Waals surface area (Å²) in [5.41, 5.74) is 4.16. The number of rotatable bonds is 5. The van der Waals surface area contributed by atoms with Gasteiger partial charge < -0.3 is 4.90 Å². The molecule has 0 radical (unpaired) electrons. The second-order valence-electron chi connectivity index (χ2n) is 7.33. The van der Waals surface area contributed by atoms with Gasteiger partial charge in [-0.1, -0.05) is 42.5 Å². The number of aryl methyl sites for hydroxylation is 1. The maximum atomic E-state index is 11.5. The van der Waals surface area contributed by atoms with Gasteiger partial charge in [-0.05, 0) is 18.9 Å². The maximum absolute atomic E-state index is 11.5. The molecule has 0 atom stereocenters. The third kappa shape index (κ3) is 4.46. The van der Waals surface area contributed by atoms with Crippen LogP contribution < -0.4 is 4.90 Å². The lowest BCUT2D eigenvalue weighted by molar-refractivity contribution is -0.384. The van der Waals surface area contributed by atoms with E-state index in [-0.39, 0.29) is 10.6 Å². The molecule has 0 aliphatic carbocycles. The molecule has 7 heteroatoms. The van der Waals surface area contributed by atoms with E-state index in [1.54, 1.807) is 23.5 Å². The molecular formula is C22H24N4O2S. The SMILES string of the molecule is Cc1cccc([N+](=O)[O-])c1N1CCCN(Cc2csc(-c3ccccc3)n2)CC1. The molecule has 2 heterocycles. The normalized spacial score (nSPS) is 15.3. The molecule has 1 aliphatic rings.